The zero-order chi connectivity index (χ0) is 16.0. The third-order valence-corrected chi connectivity index (χ3v) is 4.05. The zero-order valence-electron chi connectivity index (χ0n) is 12.8. The number of carbonyl (C=O) groups is 3. The second-order valence-corrected chi connectivity index (χ2v) is 7.22. The van der Waals surface area contributed by atoms with Gasteiger partial charge in [0.1, 0.15) is 6.04 Å². The summed E-state index contributed by atoms with van der Waals surface area (Å²) in [6.45, 7) is 5.72. The minimum Gasteiger partial charge on any atom is -0.481 e. The Labute approximate surface area is 129 Å². The van der Waals surface area contributed by atoms with Crippen molar-refractivity contribution in [2.45, 2.75) is 58.0 Å². The van der Waals surface area contributed by atoms with Crippen LogP contribution < -0.4 is 5.32 Å². The second kappa shape index (κ2) is 7.68. The molecule has 1 atom stereocenters. The van der Waals surface area contributed by atoms with Crippen LogP contribution in [0, 0.1) is 0 Å². The summed E-state index contributed by atoms with van der Waals surface area (Å²) in [6.07, 6.45) is 1.41. The summed E-state index contributed by atoms with van der Waals surface area (Å²) in [5.74, 6) is 0.107. The molecular weight excluding hydrogens is 292 g/mol. The maximum Gasteiger partial charge on any atom is 0.303 e. The Morgan fingerprint density at radius 3 is 2.43 bits per heavy atom. The molecule has 1 heterocycles. The van der Waals surface area contributed by atoms with Gasteiger partial charge in [-0.3, -0.25) is 14.4 Å². The lowest BCUT2D eigenvalue weighted by atomic mass is 10.1. The number of aliphatic carboxylic acids is 1. The Morgan fingerprint density at radius 2 is 1.86 bits per heavy atom. The van der Waals surface area contributed by atoms with Crippen molar-refractivity contribution in [3.63, 3.8) is 0 Å². The van der Waals surface area contributed by atoms with Gasteiger partial charge >= 0.3 is 5.97 Å². The van der Waals surface area contributed by atoms with Gasteiger partial charge in [0.15, 0.2) is 0 Å². The van der Waals surface area contributed by atoms with E-state index in [1.165, 1.54) is 0 Å². The molecule has 1 aliphatic heterocycles. The highest BCUT2D eigenvalue weighted by molar-refractivity contribution is 7.99. The van der Waals surface area contributed by atoms with Crippen LogP contribution in [0.1, 0.15) is 46.5 Å². The molecule has 21 heavy (non-hydrogen) atoms. The molecule has 0 radical (unpaired) electrons. The van der Waals surface area contributed by atoms with Gasteiger partial charge in [-0.2, -0.15) is 0 Å². The zero-order valence-corrected chi connectivity index (χ0v) is 13.7. The van der Waals surface area contributed by atoms with E-state index in [-0.39, 0.29) is 23.8 Å². The first kappa shape index (κ1) is 17.8. The lowest BCUT2D eigenvalue weighted by Gasteiger charge is -2.27. The Bertz CT molecular complexity index is 406. The highest BCUT2D eigenvalue weighted by atomic mass is 32.2. The van der Waals surface area contributed by atoms with Crippen molar-refractivity contribution < 1.29 is 19.5 Å². The van der Waals surface area contributed by atoms with Gasteiger partial charge in [0.2, 0.25) is 11.8 Å². The van der Waals surface area contributed by atoms with Crippen LogP contribution in [-0.2, 0) is 14.4 Å². The molecule has 0 bridgehead atoms. The summed E-state index contributed by atoms with van der Waals surface area (Å²) >= 11 is 1.57. The van der Waals surface area contributed by atoms with E-state index in [0.717, 1.165) is 0 Å². The summed E-state index contributed by atoms with van der Waals surface area (Å²) in [5.41, 5.74) is -0.319. The van der Waals surface area contributed by atoms with E-state index in [2.05, 4.69) is 5.32 Å². The first-order valence-corrected chi connectivity index (χ1v) is 8.27. The summed E-state index contributed by atoms with van der Waals surface area (Å²) in [7, 11) is 0. The minimum absolute atomic E-state index is 0.0700. The summed E-state index contributed by atoms with van der Waals surface area (Å²) in [6, 6.07) is -0.416. The predicted molar refractivity (Wildman–Crippen MR) is 82.0 cm³/mol. The highest BCUT2D eigenvalue weighted by Gasteiger charge is 2.35. The number of amides is 2. The molecular formula is C14H24N2O4S. The topological polar surface area (TPSA) is 86.7 Å². The molecule has 120 valence electrons. The van der Waals surface area contributed by atoms with E-state index >= 15 is 0 Å². The Morgan fingerprint density at radius 1 is 1.24 bits per heavy atom. The van der Waals surface area contributed by atoms with E-state index < -0.39 is 12.0 Å². The SMILES string of the molecule is CC(C)(C)NC(=O)C1CSCN1C(=O)CCCCC(=O)O. The monoisotopic (exact) mass is 316 g/mol. The lowest BCUT2D eigenvalue weighted by molar-refractivity contribution is -0.139. The predicted octanol–water partition coefficient (Wildman–Crippen LogP) is 1.45. The standard InChI is InChI=1S/C14H24N2O4S/c1-14(2,3)15-13(20)10-8-21-9-16(10)11(17)6-4-5-7-12(18)19/h10H,4-9H2,1-3H3,(H,15,20)(H,18,19). The molecule has 7 heteroatoms. The van der Waals surface area contributed by atoms with Crippen LogP contribution in [0.25, 0.3) is 0 Å². The van der Waals surface area contributed by atoms with Crippen LogP contribution in [0.15, 0.2) is 0 Å². The fourth-order valence-corrected chi connectivity index (χ4v) is 3.24. The van der Waals surface area contributed by atoms with E-state index in [0.29, 0.717) is 30.9 Å². The number of rotatable bonds is 6. The van der Waals surface area contributed by atoms with Crippen molar-refractivity contribution in [1.29, 1.82) is 0 Å². The van der Waals surface area contributed by atoms with Crippen molar-refractivity contribution in [1.82, 2.24) is 10.2 Å². The van der Waals surface area contributed by atoms with E-state index in [1.807, 2.05) is 20.8 Å². The number of carboxylic acid groups (broad SMARTS) is 1. The van der Waals surface area contributed by atoms with Crippen LogP contribution >= 0.6 is 11.8 Å². The van der Waals surface area contributed by atoms with Crippen LogP contribution in [0.5, 0.6) is 0 Å². The third kappa shape index (κ3) is 6.37. The number of hydrogen-bond acceptors (Lipinski definition) is 4. The van der Waals surface area contributed by atoms with Gasteiger partial charge in [-0.05, 0) is 33.6 Å². The average molecular weight is 316 g/mol. The molecule has 0 aromatic heterocycles. The summed E-state index contributed by atoms with van der Waals surface area (Å²) in [5, 5.41) is 11.5. The number of nitrogens with one attached hydrogen (secondary N) is 1. The molecule has 1 saturated heterocycles. The van der Waals surface area contributed by atoms with Gasteiger partial charge in [-0.15, -0.1) is 11.8 Å². The molecule has 1 rings (SSSR count). The Hall–Kier alpha value is -1.24. The normalized spacial score (nSPS) is 18.6. The van der Waals surface area contributed by atoms with Crippen molar-refractivity contribution >= 4 is 29.5 Å². The molecule has 0 aromatic carbocycles. The maximum atomic E-state index is 12.2. The maximum absolute atomic E-state index is 12.2. The van der Waals surface area contributed by atoms with Gasteiger partial charge in [-0.25, -0.2) is 0 Å². The van der Waals surface area contributed by atoms with Crippen LogP contribution in [-0.4, -0.2) is 51.0 Å². The van der Waals surface area contributed by atoms with Gasteiger partial charge in [0.25, 0.3) is 0 Å². The number of thioether (sulfide) groups is 1. The number of nitrogens with zero attached hydrogens (tertiary/aromatic N) is 1. The van der Waals surface area contributed by atoms with E-state index in [9.17, 15) is 14.4 Å². The smallest absolute Gasteiger partial charge is 0.303 e. The van der Waals surface area contributed by atoms with Crippen molar-refractivity contribution in [2.75, 3.05) is 11.6 Å². The molecule has 1 unspecified atom stereocenters. The molecule has 1 fully saturated rings. The Balaban J connectivity index is 2.46. The van der Waals surface area contributed by atoms with Crippen molar-refractivity contribution in [2.24, 2.45) is 0 Å². The van der Waals surface area contributed by atoms with Gasteiger partial charge in [-0.1, -0.05) is 0 Å². The molecule has 6 nitrogen and oxygen atoms in total. The summed E-state index contributed by atoms with van der Waals surface area (Å²) in [4.78, 5) is 36.4. The van der Waals surface area contributed by atoms with Gasteiger partial charge in [0.05, 0.1) is 5.88 Å². The molecule has 1 aliphatic rings. The minimum atomic E-state index is -0.846. The van der Waals surface area contributed by atoms with Crippen LogP contribution in [0.4, 0.5) is 0 Å². The van der Waals surface area contributed by atoms with E-state index in [1.54, 1.807) is 16.7 Å². The van der Waals surface area contributed by atoms with E-state index in [4.69, 9.17) is 5.11 Å². The molecule has 0 aromatic rings. The Kier molecular flexibility index (Phi) is 6.51. The van der Waals surface area contributed by atoms with Gasteiger partial charge in [0, 0.05) is 24.1 Å². The largest absolute Gasteiger partial charge is 0.481 e. The molecule has 2 N–H and O–H groups in total. The molecule has 0 aliphatic carbocycles. The second-order valence-electron chi connectivity index (χ2n) is 6.22. The fraction of sp³-hybridized carbons (Fsp3) is 0.786. The summed E-state index contributed by atoms with van der Waals surface area (Å²) < 4.78 is 0. The molecule has 0 spiro atoms. The number of unbranched alkanes of at least 4 members (excludes halogenated alkanes) is 1. The first-order chi connectivity index (χ1) is 9.70. The lowest BCUT2D eigenvalue weighted by Crippen LogP contribution is -2.52. The number of hydrogen-bond donors (Lipinski definition) is 2. The highest BCUT2D eigenvalue weighted by Crippen LogP contribution is 2.23. The number of carboxylic acids is 1. The number of carbonyl (C=O) groups excluding carboxylic acids is 2. The van der Waals surface area contributed by atoms with Crippen LogP contribution in [0.3, 0.4) is 0 Å². The molecule has 2 amide bonds. The first-order valence-electron chi connectivity index (χ1n) is 7.12. The average Bonchev–Trinajstić information content (AvgIpc) is 2.81. The third-order valence-electron chi connectivity index (χ3n) is 3.03. The van der Waals surface area contributed by atoms with Crippen molar-refractivity contribution in [3.05, 3.63) is 0 Å². The molecule has 0 saturated carbocycles. The quantitative estimate of drug-likeness (QED) is 0.724. The van der Waals surface area contributed by atoms with Crippen LogP contribution in [0.2, 0.25) is 0 Å². The van der Waals surface area contributed by atoms with Gasteiger partial charge < -0.3 is 15.3 Å². The fourth-order valence-electron chi connectivity index (χ4n) is 2.05. The van der Waals surface area contributed by atoms with Crippen molar-refractivity contribution in [3.8, 4) is 0 Å².